The highest BCUT2D eigenvalue weighted by molar-refractivity contribution is 5.93. The molecule has 2 aromatic rings. The summed E-state index contributed by atoms with van der Waals surface area (Å²) >= 11 is 0. The van der Waals surface area contributed by atoms with Gasteiger partial charge in [0.05, 0.1) is 17.9 Å². The second-order valence-electron chi connectivity index (χ2n) is 8.84. The first-order chi connectivity index (χ1) is 13.2. The zero-order valence-electron chi connectivity index (χ0n) is 18.1. The van der Waals surface area contributed by atoms with E-state index in [-0.39, 0.29) is 5.91 Å². The second kappa shape index (κ2) is 8.07. The molecule has 0 unspecified atom stereocenters. The number of nitrogens with one attached hydrogen (secondary N) is 1. The molecule has 1 saturated heterocycles. The molecule has 7 heteroatoms. The third kappa shape index (κ3) is 4.29. The van der Waals surface area contributed by atoms with E-state index < -0.39 is 5.41 Å². The number of aryl methyl sites for hydroxylation is 2. The normalized spacial score (nSPS) is 16.5. The zero-order chi connectivity index (χ0) is 20.5. The Labute approximate surface area is 168 Å². The number of carbonyl (C=O) groups excluding carboxylic acids is 1. The molecule has 154 valence electrons. The van der Waals surface area contributed by atoms with Gasteiger partial charge in [-0.25, -0.2) is 4.68 Å². The highest BCUT2D eigenvalue weighted by Crippen LogP contribution is 2.28. The summed E-state index contributed by atoms with van der Waals surface area (Å²) in [5.41, 5.74) is 3.36. The Hall–Kier alpha value is -2.15. The average molecular weight is 387 g/mol. The average Bonchev–Trinajstić information content (AvgIpc) is 3.21. The molecule has 7 nitrogen and oxygen atoms in total. The number of hydrogen-bond donors (Lipinski definition) is 1. The van der Waals surface area contributed by atoms with Crippen LogP contribution in [0.1, 0.15) is 63.5 Å². The molecule has 0 saturated carbocycles. The molecule has 1 N–H and O–H groups in total. The van der Waals surface area contributed by atoms with Crippen LogP contribution in [0.3, 0.4) is 0 Å². The van der Waals surface area contributed by atoms with Crippen molar-refractivity contribution in [2.45, 2.75) is 73.5 Å². The molecule has 0 aromatic carbocycles. The molecular formula is C21H34N6O. The summed E-state index contributed by atoms with van der Waals surface area (Å²) in [5.74, 6) is 0.819. The lowest BCUT2D eigenvalue weighted by Gasteiger charge is -2.33. The predicted octanol–water partition coefficient (Wildman–Crippen LogP) is 3.54. The molecule has 1 fully saturated rings. The largest absolute Gasteiger partial charge is 0.310 e. The van der Waals surface area contributed by atoms with E-state index in [0.717, 1.165) is 50.5 Å². The Bertz CT molecular complexity index is 821. The Balaban J connectivity index is 1.62. The van der Waals surface area contributed by atoms with Crippen LogP contribution in [-0.4, -0.2) is 43.5 Å². The monoisotopic (exact) mass is 386 g/mol. The maximum absolute atomic E-state index is 12.3. The van der Waals surface area contributed by atoms with Crippen LogP contribution in [0, 0.1) is 19.3 Å². The van der Waals surface area contributed by atoms with Crippen molar-refractivity contribution >= 4 is 11.7 Å². The number of carbonyl (C=O) groups is 1. The van der Waals surface area contributed by atoms with Crippen molar-refractivity contribution < 1.29 is 4.79 Å². The van der Waals surface area contributed by atoms with Crippen LogP contribution in [0.4, 0.5) is 5.82 Å². The Morgan fingerprint density at radius 1 is 1.25 bits per heavy atom. The standard InChI is InChI=1S/C21H34N6O/c1-7-26-16(3)18(15(2)24-26)14-25-12-9-17(10-13-25)27-19(8-11-22-27)23-20(28)21(4,5)6/h8,11,17H,7,9-10,12-14H2,1-6H3,(H,23,28). The molecule has 2 aromatic heterocycles. The van der Waals surface area contributed by atoms with E-state index in [1.165, 1.54) is 11.3 Å². The molecule has 3 heterocycles. The van der Waals surface area contributed by atoms with Gasteiger partial charge in [-0.2, -0.15) is 10.2 Å². The maximum atomic E-state index is 12.3. The molecule has 1 aliphatic heterocycles. The number of piperidine rings is 1. The first-order valence-electron chi connectivity index (χ1n) is 10.3. The van der Waals surface area contributed by atoms with E-state index in [2.05, 4.69) is 45.9 Å². The van der Waals surface area contributed by atoms with Gasteiger partial charge >= 0.3 is 0 Å². The Kier molecular flexibility index (Phi) is 5.93. The number of nitrogens with zero attached hydrogens (tertiary/aromatic N) is 5. The van der Waals surface area contributed by atoms with Crippen LogP contribution >= 0.6 is 0 Å². The van der Waals surface area contributed by atoms with Crippen LogP contribution in [0.15, 0.2) is 12.3 Å². The van der Waals surface area contributed by atoms with Crippen molar-refractivity contribution in [3.63, 3.8) is 0 Å². The number of amides is 1. The number of likely N-dealkylation sites (tertiary alicyclic amines) is 1. The predicted molar refractivity (Wildman–Crippen MR) is 111 cm³/mol. The minimum Gasteiger partial charge on any atom is -0.310 e. The fourth-order valence-corrected chi connectivity index (χ4v) is 3.82. The number of aromatic nitrogens is 4. The molecule has 0 aliphatic carbocycles. The van der Waals surface area contributed by atoms with Crippen LogP contribution in [0.25, 0.3) is 0 Å². The molecule has 0 radical (unpaired) electrons. The van der Waals surface area contributed by atoms with E-state index >= 15 is 0 Å². The van der Waals surface area contributed by atoms with Gasteiger partial charge in [0.15, 0.2) is 0 Å². The molecule has 1 aliphatic rings. The van der Waals surface area contributed by atoms with E-state index in [4.69, 9.17) is 0 Å². The minimum atomic E-state index is -0.420. The van der Waals surface area contributed by atoms with Crippen molar-refractivity contribution in [1.82, 2.24) is 24.5 Å². The summed E-state index contributed by atoms with van der Waals surface area (Å²) in [4.78, 5) is 14.8. The summed E-state index contributed by atoms with van der Waals surface area (Å²) in [6, 6.07) is 2.21. The van der Waals surface area contributed by atoms with Crippen LogP contribution < -0.4 is 5.32 Å². The third-order valence-electron chi connectivity index (χ3n) is 5.71. The quantitative estimate of drug-likeness (QED) is 0.853. The second-order valence-corrected chi connectivity index (χ2v) is 8.84. The lowest BCUT2D eigenvalue weighted by atomic mass is 9.96. The van der Waals surface area contributed by atoms with E-state index in [1.807, 2.05) is 31.5 Å². The topological polar surface area (TPSA) is 68.0 Å². The fourth-order valence-electron chi connectivity index (χ4n) is 3.82. The van der Waals surface area contributed by atoms with Gasteiger partial charge in [-0.3, -0.25) is 14.4 Å². The summed E-state index contributed by atoms with van der Waals surface area (Å²) < 4.78 is 4.08. The number of anilines is 1. The third-order valence-corrected chi connectivity index (χ3v) is 5.71. The summed E-state index contributed by atoms with van der Waals surface area (Å²) in [7, 11) is 0. The molecule has 3 rings (SSSR count). The van der Waals surface area contributed by atoms with Gasteiger partial charge in [0.1, 0.15) is 5.82 Å². The molecule has 28 heavy (non-hydrogen) atoms. The minimum absolute atomic E-state index is 0.0190. The SMILES string of the molecule is CCn1nc(C)c(CN2CCC(n3nccc3NC(=O)C(C)(C)C)CC2)c1C. The van der Waals surface area contributed by atoms with E-state index in [0.29, 0.717) is 6.04 Å². The molecule has 0 spiro atoms. The first-order valence-corrected chi connectivity index (χ1v) is 10.3. The van der Waals surface area contributed by atoms with Gasteiger partial charge in [0, 0.05) is 48.9 Å². The highest BCUT2D eigenvalue weighted by atomic mass is 16.2. The smallest absolute Gasteiger partial charge is 0.230 e. The zero-order valence-corrected chi connectivity index (χ0v) is 18.1. The van der Waals surface area contributed by atoms with Crippen LogP contribution in [0.5, 0.6) is 0 Å². The molecule has 0 bridgehead atoms. The van der Waals surface area contributed by atoms with Crippen molar-refractivity contribution in [3.05, 3.63) is 29.2 Å². The Morgan fingerprint density at radius 2 is 1.93 bits per heavy atom. The van der Waals surface area contributed by atoms with E-state index in [9.17, 15) is 4.79 Å². The van der Waals surface area contributed by atoms with Crippen molar-refractivity contribution in [2.75, 3.05) is 18.4 Å². The van der Waals surface area contributed by atoms with Crippen molar-refractivity contribution in [2.24, 2.45) is 5.41 Å². The summed E-state index contributed by atoms with van der Waals surface area (Å²) in [6.45, 7) is 16.1. The fraction of sp³-hybridized carbons (Fsp3) is 0.667. The van der Waals surface area contributed by atoms with Gasteiger partial charge in [-0.1, -0.05) is 20.8 Å². The van der Waals surface area contributed by atoms with Gasteiger partial charge in [0.2, 0.25) is 5.91 Å². The van der Waals surface area contributed by atoms with E-state index in [1.54, 1.807) is 6.20 Å². The van der Waals surface area contributed by atoms with Gasteiger partial charge in [-0.05, 0) is 33.6 Å². The lowest BCUT2D eigenvalue weighted by molar-refractivity contribution is -0.123. The number of hydrogen-bond acceptors (Lipinski definition) is 4. The van der Waals surface area contributed by atoms with Gasteiger partial charge in [0.25, 0.3) is 0 Å². The van der Waals surface area contributed by atoms with Gasteiger partial charge < -0.3 is 5.32 Å². The number of rotatable bonds is 5. The molecular weight excluding hydrogens is 352 g/mol. The highest BCUT2D eigenvalue weighted by Gasteiger charge is 2.26. The summed E-state index contributed by atoms with van der Waals surface area (Å²) in [6.07, 6.45) is 3.83. The van der Waals surface area contributed by atoms with Crippen LogP contribution in [0.2, 0.25) is 0 Å². The van der Waals surface area contributed by atoms with Gasteiger partial charge in [-0.15, -0.1) is 0 Å². The lowest BCUT2D eigenvalue weighted by Crippen LogP contribution is -2.35. The molecule has 0 atom stereocenters. The maximum Gasteiger partial charge on any atom is 0.230 e. The van der Waals surface area contributed by atoms with Crippen LogP contribution in [-0.2, 0) is 17.9 Å². The van der Waals surface area contributed by atoms with Crippen molar-refractivity contribution in [1.29, 1.82) is 0 Å². The first kappa shape index (κ1) is 20.6. The molecule has 1 amide bonds. The van der Waals surface area contributed by atoms with Crippen molar-refractivity contribution in [3.8, 4) is 0 Å². The summed E-state index contributed by atoms with van der Waals surface area (Å²) in [5, 5.41) is 12.2. The Morgan fingerprint density at radius 3 is 2.50 bits per heavy atom.